The summed E-state index contributed by atoms with van der Waals surface area (Å²) in [5.41, 5.74) is 7.00. The zero-order valence-electron chi connectivity index (χ0n) is 12.1. The molecule has 0 radical (unpaired) electrons. The summed E-state index contributed by atoms with van der Waals surface area (Å²) in [5, 5.41) is 0. The first kappa shape index (κ1) is 14.5. The van der Waals surface area contributed by atoms with E-state index in [-0.39, 0.29) is 6.04 Å². The van der Waals surface area contributed by atoms with Crippen molar-refractivity contribution in [2.45, 2.75) is 6.04 Å². The van der Waals surface area contributed by atoms with Gasteiger partial charge in [0.25, 0.3) is 0 Å². The van der Waals surface area contributed by atoms with Crippen molar-refractivity contribution in [2.75, 3.05) is 41.0 Å². The smallest absolute Gasteiger partial charge is 0.192 e. The van der Waals surface area contributed by atoms with Crippen LogP contribution in [0.15, 0.2) is 23.2 Å². The van der Waals surface area contributed by atoms with Crippen molar-refractivity contribution in [1.29, 1.82) is 0 Å². The minimum atomic E-state index is 0.0750. The maximum absolute atomic E-state index is 5.95. The van der Waals surface area contributed by atoms with E-state index in [9.17, 15) is 0 Å². The lowest BCUT2D eigenvalue weighted by molar-refractivity contribution is 0.166. The quantitative estimate of drug-likeness (QED) is 0.842. The SMILES string of the molecule is COCCN1C(N)=NCC1c1ccc(OC)cc1OC. The van der Waals surface area contributed by atoms with Crippen LogP contribution in [0.5, 0.6) is 11.5 Å². The molecule has 1 atom stereocenters. The number of hydrogen-bond donors (Lipinski definition) is 1. The van der Waals surface area contributed by atoms with E-state index in [4.69, 9.17) is 19.9 Å². The molecule has 1 heterocycles. The second-order valence-electron chi connectivity index (χ2n) is 4.51. The highest BCUT2D eigenvalue weighted by Crippen LogP contribution is 2.34. The van der Waals surface area contributed by atoms with E-state index in [2.05, 4.69) is 4.99 Å². The Kier molecular flexibility index (Phi) is 4.68. The van der Waals surface area contributed by atoms with Gasteiger partial charge >= 0.3 is 0 Å². The molecule has 0 spiro atoms. The van der Waals surface area contributed by atoms with Crippen LogP contribution in [-0.2, 0) is 4.74 Å². The van der Waals surface area contributed by atoms with Gasteiger partial charge in [0.1, 0.15) is 11.5 Å². The Labute approximate surface area is 119 Å². The molecule has 0 saturated carbocycles. The second-order valence-corrected chi connectivity index (χ2v) is 4.51. The van der Waals surface area contributed by atoms with Crippen molar-refractivity contribution in [3.8, 4) is 11.5 Å². The highest BCUT2D eigenvalue weighted by molar-refractivity contribution is 5.80. The number of nitrogens with zero attached hydrogens (tertiary/aromatic N) is 2. The first-order valence-corrected chi connectivity index (χ1v) is 6.48. The van der Waals surface area contributed by atoms with Crippen molar-refractivity contribution >= 4 is 5.96 Å². The Hall–Kier alpha value is -1.95. The molecule has 0 aliphatic carbocycles. The van der Waals surface area contributed by atoms with E-state index < -0.39 is 0 Å². The zero-order valence-corrected chi connectivity index (χ0v) is 12.1. The summed E-state index contributed by atoms with van der Waals surface area (Å²) in [5.74, 6) is 2.09. The molecule has 1 unspecified atom stereocenters. The normalized spacial score (nSPS) is 18.1. The lowest BCUT2D eigenvalue weighted by Crippen LogP contribution is -2.38. The number of hydrogen-bond acceptors (Lipinski definition) is 6. The Morgan fingerprint density at radius 1 is 1.30 bits per heavy atom. The summed E-state index contributed by atoms with van der Waals surface area (Å²) in [6, 6.07) is 5.86. The van der Waals surface area contributed by atoms with Gasteiger partial charge in [-0.05, 0) is 12.1 Å². The van der Waals surface area contributed by atoms with Crippen LogP contribution in [-0.4, -0.2) is 51.9 Å². The van der Waals surface area contributed by atoms with Crippen molar-refractivity contribution in [2.24, 2.45) is 10.7 Å². The Bertz CT molecular complexity index is 491. The molecule has 0 aromatic heterocycles. The minimum absolute atomic E-state index is 0.0750. The molecule has 2 rings (SSSR count). The lowest BCUT2D eigenvalue weighted by Gasteiger charge is -2.27. The van der Waals surface area contributed by atoms with E-state index in [1.807, 2.05) is 23.1 Å². The van der Waals surface area contributed by atoms with Gasteiger partial charge in [0.2, 0.25) is 0 Å². The van der Waals surface area contributed by atoms with E-state index in [1.54, 1.807) is 21.3 Å². The van der Waals surface area contributed by atoms with Crippen LogP contribution in [0.1, 0.15) is 11.6 Å². The number of guanidine groups is 1. The van der Waals surface area contributed by atoms with Crippen LogP contribution in [0.25, 0.3) is 0 Å². The molecule has 6 nitrogen and oxygen atoms in total. The third-order valence-electron chi connectivity index (χ3n) is 3.43. The van der Waals surface area contributed by atoms with Gasteiger partial charge in [-0.1, -0.05) is 0 Å². The van der Waals surface area contributed by atoms with Crippen LogP contribution in [0.4, 0.5) is 0 Å². The summed E-state index contributed by atoms with van der Waals surface area (Å²) < 4.78 is 15.8. The number of benzene rings is 1. The van der Waals surface area contributed by atoms with Gasteiger partial charge in [0.15, 0.2) is 5.96 Å². The molecule has 6 heteroatoms. The molecular formula is C14H21N3O3. The fraction of sp³-hybridized carbons (Fsp3) is 0.500. The highest BCUT2D eigenvalue weighted by atomic mass is 16.5. The van der Waals surface area contributed by atoms with Gasteiger partial charge in [-0.25, -0.2) is 0 Å². The summed E-state index contributed by atoms with van der Waals surface area (Å²) in [7, 11) is 4.96. The number of methoxy groups -OCH3 is 3. The Morgan fingerprint density at radius 3 is 2.75 bits per heavy atom. The van der Waals surface area contributed by atoms with E-state index in [0.717, 1.165) is 17.1 Å². The predicted molar refractivity (Wildman–Crippen MR) is 77.4 cm³/mol. The van der Waals surface area contributed by atoms with Crippen LogP contribution in [0.2, 0.25) is 0 Å². The first-order chi connectivity index (χ1) is 9.71. The summed E-state index contributed by atoms with van der Waals surface area (Å²) >= 11 is 0. The lowest BCUT2D eigenvalue weighted by atomic mass is 10.0. The van der Waals surface area contributed by atoms with Crippen LogP contribution < -0.4 is 15.2 Å². The fourth-order valence-electron chi connectivity index (χ4n) is 2.35. The second kappa shape index (κ2) is 6.47. The van der Waals surface area contributed by atoms with Crippen LogP contribution in [0, 0.1) is 0 Å². The van der Waals surface area contributed by atoms with Crippen LogP contribution in [0.3, 0.4) is 0 Å². The van der Waals surface area contributed by atoms with Gasteiger partial charge in [-0.2, -0.15) is 0 Å². The predicted octanol–water partition coefficient (Wildman–Crippen LogP) is 1.02. The zero-order chi connectivity index (χ0) is 14.5. The van der Waals surface area contributed by atoms with E-state index >= 15 is 0 Å². The number of ether oxygens (including phenoxy) is 3. The largest absolute Gasteiger partial charge is 0.497 e. The van der Waals surface area contributed by atoms with Crippen LogP contribution >= 0.6 is 0 Å². The molecule has 1 aromatic rings. The number of nitrogens with two attached hydrogens (primary N) is 1. The first-order valence-electron chi connectivity index (χ1n) is 6.48. The molecule has 1 aromatic carbocycles. The van der Waals surface area contributed by atoms with Gasteiger partial charge in [-0.15, -0.1) is 0 Å². The van der Waals surface area contributed by atoms with Gasteiger partial charge in [-0.3, -0.25) is 4.99 Å². The topological polar surface area (TPSA) is 69.3 Å². The molecule has 0 amide bonds. The molecular weight excluding hydrogens is 258 g/mol. The molecule has 20 heavy (non-hydrogen) atoms. The third-order valence-corrected chi connectivity index (χ3v) is 3.43. The van der Waals surface area contributed by atoms with Gasteiger partial charge in [0, 0.05) is 25.3 Å². The average Bonchev–Trinajstić information content (AvgIpc) is 2.85. The molecule has 110 valence electrons. The summed E-state index contributed by atoms with van der Waals surface area (Å²) in [6.07, 6.45) is 0. The van der Waals surface area contributed by atoms with E-state index in [1.165, 1.54) is 0 Å². The third kappa shape index (κ3) is 2.80. The summed E-state index contributed by atoms with van der Waals surface area (Å²) in [4.78, 5) is 6.36. The molecule has 2 N–H and O–H groups in total. The number of rotatable bonds is 6. The maximum atomic E-state index is 5.95. The Balaban J connectivity index is 2.26. The van der Waals surface area contributed by atoms with Crippen molar-refractivity contribution in [1.82, 2.24) is 4.90 Å². The average molecular weight is 279 g/mol. The van der Waals surface area contributed by atoms with Crippen molar-refractivity contribution in [3.05, 3.63) is 23.8 Å². The Morgan fingerprint density at radius 2 is 2.10 bits per heavy atom. The van der Waals surface area contributed by atoms with Gasteiger partial charge in [0.05, 0.1) is 33.4 Å². The monoisotopic (exact) mass is 279 g/mol. The number of aliphatic imine (C=N–C) groups is 1. The maximum Gasteiger partial charge on any atom is 0.192 e. The highest BCUT2D eigenvalue weighted by Gasteiger charge is 2.29. The molecule has 0 saturated heterocycles. The molecule has 1 aliphatic heterocycles. The molecule has 1 aliphatic rings. The minimum Gasteiger partial charge on any atom is -0.497 e. The van der Waals surface area contributed by atoms with Gasteiger partial charge < -0.3 is 24.8 Å². The standard InChI is InChI=1S/C14H21N3O3/c1-18-7-6-17-12(9-16-14(17)15)11-5-4-10(19-2)8-13(11)20-3/h4-5,8,12H,6-7,9H2,1-3H3,(H2,15,16). The van der Waals surface area contributed by atoms with Crippen molar-refractivity contribution in [3.63, 3.8) is 0 Å². The molecule has 0 bridgehead atoms. The van der Waals surface area contributed by atoms with E-state index in [0.29, 0.717) is 25.7 Å². The fourth-order valence-corrected chi connectivity index (χ4v) is 2.35. The molecule has 0 fully saturated rings. The van der Waals surface area contributed by atoms with Crippen molar-refractivity contribution < 1.29 is 14.2 Å². The summed E-state index contributed by atoms with van der Waals surface area (Å²) in [6.45, 7) is 1.93.